The number of aromatic nitrogens is 2. The standard InChI is InChI=1S/C16H22N4O/c1-6-13-10(2)18-20(11(13)3)15-9-12(7-8-14(15)17)16(21)19(4)5/h7-9H,6,17H2,1-5H3. The number of rotatable bonds is 3. The van der Waals surface area contributed by atoms with Gasteiger partial charge in [0.05, 0.1) is 17.1 Å². The van der Waals surface area contributed by atoms with E-state index in [2.05, 4.69) is 12.0 Å². The zero-order valence-electron chi connectivity index (χ0n) is 13.3. The predicted octanol–water partition coefficient (Wildman–Crippen LogP) is 2.34. The summed E-state index contributed by atoms with van der Waals surface area (Å²) in [5.41, 5.74) is 11.3. The van der Waals surface area contributed by atoms with Crippen molar-refractivity contribution < 1.29 is 4.79 Å². The first-order chi connectivity index (χ1) is 9.86. The molecular formula is C16H22N4O. The fourth-order valence-corrected chi connectivity index (χ4v) is 2.54. The second-order valence-electron chi connectivity index (χ2n) is 5.39. The number of carbonyl (C=O) groups is 1. The van der Waals surface area contributed by atoms with Crippen molar-refractivity contribution in [2.24, 2.45) is 0 Å². The molecule has 0 saturated carbocycles. The Morgan fingerprint density at radius 3 is 2.52 bits per heavy atom. The summed E-state index contributed by atoms with van der Waals surface area (Å²) in [6.07, 6.45) is 0.924. The lowest BCUT2D eigenvalue weighted by Crippen LogP contribution is -2.22. The lowest BCUT2D eigenvalue weighted by Gasteiger charge is -2.13. The lowest BCUT2D eigenvalue weighted by molar-refractivity contribution is 0.0827. The number of nitrogens with zero attached hydrogens (tertiary/aromatic N) is 3. The maximum absolute atomic E-state index is 12.1. The van der Waals surface area contributed by atoms with Gasteiger partial charge in [0.15, 0.2) is 0 Å². The molecule has 0 fully saturated rings. The van der Waals surface area contributed by atoms with E-state index in [1.54, 1.807) is 37.2 Å². The molecule has 1 heterocycles. The zero-order chi connectivity index (χ0) is 15.7. The van der Waals surface area contributed by atoms with Crippen molar-refractivity contribution in [1.82, 2.24) is 14.7 Å². The second kappa shape index (κ2) is 5.60. The van der Waals surface area contributed by atoms with Crippen molar-refractivity contribution in [2.75, 3.05) is 19.8 Å². The van der Waals surface area contributed by atoms with Gasteiger partial charge in [0.2, 0.25) is 0 Å². The minimum absolute atomic E-state index is 0.0477. The molecule has 0 saturated heterocycles. The Bertz CT molecular complexity index is 686. The Morgan fingerprint density at radius 2 is 2.00 bits per heavy atom. The summed E-state index contributed by atoms with van der Waals surface area (Å²) in [7, 11) is 3.47. The van der Waals surface area contributed by atoms with Gasteiger partial charge in [-0.05, 0) is 44.0 Å². The van der Waals surface area contributed by atoms with Gasteiger partial charge in [0.25, 0.3) is 5.91 Å². The van der Waals surface area contributed by atoms with Gasteiger partial charge in [-0.25, -0.2) is 4.68 Å². The summed E-state index contributed by atoms with van der Waals surface area (Å²) < 4.78 is 1.83. The van der Waals surface area contributed by atoms with E-state index >= 15 is 0 Å². The van der Waals surface area contributed by atoms with E-state index in [1.807, 2.05) is 18.5 Å². The molecule has 1 aromatic heterocycles. The first kappa shape index (κ1) is 15.1. The number of hydrogen-bond donors (Lipinski definition) is 1. The Hall–Kier alpha value is -2.30. The first-order valence-electron chi connectivity index (χ1n) is 7.03. The Labute approximate surface area is 125 Å². The highest BCUT2D eigenvalue weighted by atomic mass is 16.2. The summed E-state index contributed by atoms with van der Waals surface area (Å²) in [6, 6.07) is 5.30. The largest absolute Gasteiger partial charge is 0.397 e. The SMILES string of the molecule is CCc1c(C)nn(-c2cc(C(=O)N(C)C)ccc2N)c1C. The minimum Gasteiger partial charge on any atom is -0.397 e. The zero-order valence-corrected chi connectivity index (χ0v) is 13.3. The third kappa shape index (κ3) is 2.63. The van der Waals surface area contributed by atoms with Crippen LogP contribution in [0.15, 0.2) is 18.2 Å². The molecule has 112 valence electrons. The third-order valence-corrected chi connectivity index (χ3v) is 3.71. The van der Waals surface area contributed by atoms with Crippen LogP contribution in [0.3, 0.4) is 0 Å². The van der Waals surface area contributed by atoms with Gasteiger partial charge in [0, 0.05) is 25.4 Å². The summed E-state index contributed by atoms with van der Waals surface area (Å²) >= 11 is 0. The molecule has 5 heteroatoms. The van der Waals surface area contributed by atoms with Gasteiger partial charge >= 0.3 is 0 Å². The maximum atomic E-state index is 12.1. The van der Waals surface area contributed by atoms with E-state index in [0.717, 1.165) is 23.5 Å². The quantitative estimate of drug-likeness (QED) is 0.881. The van der Waals surface area contributed by atoms with Crippen LogP contribution in [-0.2, 0) is 6.42 Å². The lowest BCUT2D eigenvalue weighted by atomic mass is 10.1. The van der Waals surface area contributed by atoms with E-state index in [4.69, 9.17) is 5.73 Å². The van der Waals surface area contributed by atoms with E-state index in [-0.39, 0.29) is 5.91 Å². The number of amides is 1. The van der Waals surface area contributed by atoms with Crippen LogP contribution in [0, 0.1) is 13.8 Å². The second-order valence-corrected chi connectivity index (χ2v) is 5.39. The van der Waals surface area contributed by atoms with Gasteiger partial charge in [-0.2, -0.15) is 5.10 Å². The molecule has 0 aliphatic carbocycles. The smallest absolute Gasteiger partial charge is 0.253 e. The molecule has 0 aliphatic heterocycles. The van der Waals surface area contributed by atoms with Gasteiger partial charge in [0.1, 0.15) is 0 Å². The first-order valence-corrected chi connectivity index (χ1v) is 7.03. The fraction of sp³-hybridized carbons (Fsp3) is 0.375. The molecule has 0 aliphatic rings. The molecule has 0 unspecified atom stereocenters. The Balaban J connectivity index is 2.59. The maximum Gasteiger partial charge on any atom is 0.253 e. The van der Waals surface area contributed by atoms with Crippen LogP contribution in [-0.4, -0.2) is 34.7 Å². The summed E-state index contributed by atoms with van der Waals surface area (Å²) in [6.45, 7) is 6.13. The number of carbonyl (C=O) groups excluding carboxylic acids is 1. The third-order valence-electron chi connectivity index (χ3n) is 3.71. The highest BCUT2D eigenvalue weighted by molar-refractivity contribution is 5.95. The highest BCUT2D eigenvalue weighted by Crippen LogP contribution is 2.24. The van der Waals surface area contributed by atoms with E-state index < -0.39 is 0 Å². The number of aryl methyl sites for hydroxylation is 1. The molecule has 1 amide bonds. The summed E-state index contributed by atoms with van der Waals surface area (Å²) in [4.78, 5) is 13.7. The average Bonchev–Trinajstić information content (AvgIpc) is 2.73. The predicted molar refractivity (Wildman–Crippen MR) is 84.8 cm³/mol. The van der Waals surface area contributed by atoms with Gasteiger partial charge in [-0.15, -0.1) is 0 Å². The van der Waals surface area contributed by atoms with Crippen LogP contribution in [0.1, 0.15) is 34.2 Å². The molecule has 2 aromatic rings. The molecule has 0 spiro atoms. The van der Waals surface area contributed by atoms with Crippen LogP contribution < -0.4 is 5.73 Å². The molecule has 0 bridgehead atoms. The van der Waals surface area contributed by atoms with Crippen LogP contribution in [0.2, 0.25) is 0 Å². The van der Waals surface area contributed by atoms with E-state index in [0.29, 0.717) is 11.3 Å². The molecular weight excluding hydrogens is 264 g/mol. The Morgan fingerprint density at radius 1 is 1.33 bits per heavy atom. The van der Waals surface area contributed by atoms with E-state index in [9.17, 15) is 4.79 Å². The normalized spacial score (nSPS) is 10.7. The summed E-state index contributed by atoms with van der Waals surface area (Å²) in [5.74, 6) is -0.0477. The molecule has 1 aromatic carbocycles. The summed E-state index contributed by atoms with van der Waals surface area (Å²) in [5, 5.41) is 4.57. The van der Waals surface area contributed by atoms with Crippen LogP contribution in [0.5, 0.6) is 0 Å². The van der Waals surface area contributed by atoms with Crippen LogP contribution >= 0.6 is 0 Å². The molecule has 5 nitrogen and oxygen atoms in total. The van der Waals surface area contributed by atoms with Crippen molar-refractivity contribution in [3.8, 4) is 5.69 Å². The van der Waals surface area contributed by atoms with E-state index in [1.165, 1.54) is 5.56 Å². The van der Waals surface area contributed by atoms with Gasteiger partial charge in [-0.1, -0.05) is 6.92 Å². The van der Waals surface area contributed by atoms with Crippen molar-refractivity contribution in [3.63, 3.8) is 0 Å². The fourth-order valence-electron chi connectivity index (χ4n) is 2.54. The van der Waals surface area contributed by atoms with Crippen molar-refractivity contribution in [3.05, 3.63) is 40.7 Å². The topological polar surface area (TPSA) is 64.2 Å². The molecule has 2 rings (SSSR count). The van der Waals surface area contributed by atoms with Crippen LogP contribution in [0.4, 0.5) is 5.69 Å². The molecule has 2 N–H and O–H groups in total. The molecule has 0 radical (unpaired) electrons. The average molecular weight is 286 g/mol. The molecule has 21 heavy (non-hydrogen) atoms. The number of nitrogens with two attached hydrogens (primary N) is 1. The van der Waals surface area contributed by atoms with Crippen LogP contribution in [0.25, 0.3) is 5.69 Å². The van der Waals surface area contributed by atoms with Gasteiger partial charge < -0.3 is 10.6 Å². The minimum atomic E-state index is -0.0477. The Kier molecular flexibility index (Phi) is 4.02. The van der Waals surface area contributed by atoms with Crippen molar-refractivity contribution >= 4 is 11.6 Å². The number of anilines is 1. The van der Waals surface area contributed by atoms with Gasteiger partial charge in [-0.3, -0.25) is 4.79 Å². The number of hydrogen-bond acceptors (Lipinski definition) is 3. The highest BCUT2D eigenvalue weighted by Gasteiger charge is 2.16. The van der Waals surface area contributed by atoms with Crippen molar-refractivity contribution in [1.29, 1.82) is 0 Å². The number of nitrogen functional groups attached to an aromatic ring is 1. The molecule has 0 atom stereocenters. The number of benzene rings is 1. The van der Waals surface area contributed by atoms with Crippen molar-refractivity contribution in [2.45, 2.75) is 27.2 Å². The monoisotopic (exact) mass is 286 g/mol.